The largest absolute Gasteiger partial charge is 0.458 e. The molecule has 1 N–H and O–H groups in total. The number of nitrogens with zero attached hydrogens (tertiary/aromatic N) is 6. The molecule has 0 radical (unpaired) electrons. The number of nitrogens with one attached hydrogen (secondary N) is 1. The standard InChI is InChI=1S/C29H36ClN7O2S/c1-5-6-11-26-31-27(30)25(19-39-29(38)24(36(2)3)16-17-40-4)37(26)18-20-12-14-21(15-13-20)22-9-7-8-10-23(22)28-32-34-35-33-28/h7-10,12-15,24H,5-6,11,16-19H2,1-4H3,(H,32,33,34,35)/t24-/m1/s1. The number of ether oxygens (including phenoxy) is 1. The predicted octanol–water partition coefficient (Wildman–Crippen LogP) is 5.50. The van der Waals surface area contributed by atoms with Crippen LogP contribution >= 0.6 is 23.4 Å². The van der Waals surface area contributed by atoms with Gasteiger partial charge in [0.15, 0.2) is 5.15 Å². The molecule has 2 aromatic carbocycles. The Morgan fingerprint density at radius 1 is 1.15 bits per heavy atom. The lowest BCUT2D eigenvalue weighted by Gasteiger charge is -2.22. The number of imidazole rings is 1. The maximum Gasteiger partial charge on any atom is 0.323 e. The van der Waals surface area contributed by atoms with Crippen LogP contribution in [0.4, 0.5) is 0 Å². The van der Waals surface area contributed by atoms with Crippen LogP contribution in [0, 0.1) is 0 Å². The Balaban J connectivity index is 1.56. The summed E-state index contributed by atoms with van der Waals surface area (Å²) in [6.07, 6.45) is 5.60. The number of halogens is 1. The zero-order chi connectivity index (χ0) is 28.5. The average molecular weight is 582 g/mol. The van der Waals surface area contributed by atoms with E-state index in [0.29, 0.717) is 17.5 Å². The highest BCUT2D eigenvalue weighted by Crippen LogP contribution is 2.30. The molecular weight excluding hydrogens is 546 g/mol. The predicted molar refractivity (Wildman–Crippen MR) is 160 cm³/mol. The third-order valence-corrected chi connectivity index (χ3v) is 7.76. The van der Waals surface area contributed by atoms with Crippen LogP contribution in [0.5, 0.6) is 0 Å². The van der Waals surface area contributed by atoms with E-state index < -0.39 is 0 Å². The lowest BCUT2D eigenvalue weighted by Crippen LogP contribution is -2.37. The molecule has 11 heteroatoms. The summed E-state index contributed by atoms with van der Waals surface area (Å²) < 4.78 is 7.89. The Hall–Kier alpha value is -3.21. The van der Waals surface area contributed by atoms with E-state index in [1.54, 1.807) is 11.8 Å². The van der Waals surface area contributed by atoms with Crippen molar-refractivity contribution in [3.05, 3.63) is 70.8 Å². The Labute approximate surface area is 244 Å². The number of thioether (sulfide) groups is 1. The highest BCUT2D eigenvalue weighted by Gasteiger charge is 2.24. The highest BCUT2D eigenvalue weighted by molar-refractivity contribution is 7.98. The van der Waals surface area contributed by atoms with Gasteiger partial charge in [-0.25, -0.2) is 4.98 Å². The second kappa shape index (κ2) is 14.4. The van der Waals surface area contributed by atoms with Crippen LogP contribution in [-0.4, -0.2) is 73.2 Å². The topological polar surface area (TPSA) is 102 Å². The minimum atomic E-state index is -0.301. The summed E-state index contributed by atoms with van der Waals surface area (Å²) >= 11 is 8.34. The number of carbonyl (C=O) groups is 1. The third-order valence-electron chi connectivity index (χ3n) is 6.82. The first kappa shape index (κ1) is 29.8. The highest BCUT2D eigenvalue weighted by atomic mass is 35.5. The molecule has 9 nitrogen and oxygen atoms in total. The second-order valence-corrected chi connectivity index (χ2v) is 11.1. The van der Waals surface area contributed by atoms with Gasteiger partial charge in [0.05, 0.1) is 5.69 Å². The van der Waals surface area contributed by atoms with Crippen molar-refractivity contribution in [1.29, 1.82) is 0 Å². The molecule has 212 valence electrons. The van der Waals surface area contributed by atoms with E-state index in [4.69, 9.17) is 16.3 Å². The zero-order valence-corrected chi connectivity index (χ0v) is 25.0. The molecule has 0 unspecified atom stereocenters. The van der Waals surface area contributed by atoms with E-state index >= 15 is 0 Å². The maximum atomic E-state index is 12.9. The first-order chi connectivity index (χ1) is 19.4. The van der Waals surface area contributed by atoms with Gasteiger partial charge in [0.1, 0.15) is 18.5 Å². The summed E-state index contributed by atoms with van der Waals surface area (Å²) in [4.78, 5) is 19.5. The Morgan fingerprint density at radius 2 is 1.90 bits per heavy atom. The fourth-order valence-electron chi connectivity index (χ4n) is 4.59. The average Bonchev–Trinajstić information content (AvgIpc) is 3.59. The number of hydrogen-bond donors (Lipinski definition) is 1. The lowest BCUT2D eigenvalue weighted by molar-refractivity contribution is -0.150. The van der Waals surface area contributed by atoms with Crippen LogP contribution < -0.4 is 0 Å². The molecule has 0 aliphatic heterocycles. The summed E-state index contributed by atoms with van der Waals surface area (Å²) in [7, 11) is 3.80. The van der Waals surface area contributed by atoms with Crippen LogP contribution in [0.3, 0.4) is 0 Å². The van der Waals surface area contributed by atoms with Gasteiger partial charge in [0.2, 0.25) is 5.82 Å². The molecule has 2 aromatic heterocycles. The number of aromatic nitrogens is 6. The molecule has 40 heavy (non-hydrogen) atoms. The number of H-pyrrole nitrogens is 1. The van der Waals surface area contributed by atoms with Gasteiger partial charge in [0.25, 0.3) is 0 Å². The quantitative estimate of drug-likeness (QED) is 0.195. The second-order valence-electron chi connectivity index (χ2n) is 9.80. The summed E-state index contributed by atoms with van der Waals surface area (Å²) in [5, 5.41) is 14.9. The Morgan fingerprint density at radius 3 is 2.55 bits per heavy atom. The number of aromatic amines is 1. The van der Waals surface area contributed by atoms with Crippen LogP contribution in [0.15, 0.2) is 48.5 Å². The number of likely N-dealkylation sites (N-methyl/N-ethyl adjacent to an activating group) is 1. The van der Waals surface area contributed by atoms with Gasteiger partial charge in [0, 0.05) is 18.5 Å². The number of rotatable bonds is 14. The molecule has 4 rings (SSSR count). The molecule has 0 aliphatic rings. The van der Waals surface area contributed by atoms with Crippen molar-refractivity contribution in [2.45, 2.75) is 51.8 Å². The fourth-order valence-corrected chi connectivity index (χ4v) is 5.30. The third kappa shape index (κ3) is 7.30. The van der Waals surface area contributed by atoms with Gasteiger partial charge in [-0.2, -0.15) is 17.0 Å². The summed E-state index contributed by atoms with van der Waals surface area (Å²) in [6.45, 7) is 2.80. The molecule has 0 saturated carbocycles. The lowest BCUT2D eigenvalue weighted by atomic mass is 9.98. The maximum absolute atomic E-state index is 12.9. The van der Waals surface area contributed by atoms with E-state index in [-0.39, 0.29) is 18.6 Å². The number of hydrogen-bond acceptors (Lipinski definition) is 8. The van der Waals surface area contributed by atoms with Crippen LogP contribution in [-0.2, 0) is 29.1 Å². The number of unbranched alkanes of at least 4 members (excludes halogenated alkanes) is 1. The number of benzene rings is 2. The van der Waals surface area contributed by atoms with Crippen LogP contribution in [0.2, 0.25) is 5.15 Å². The van der Waals surface area contributed by atoms with Crippen molar-refractivity contribution < 1.29 is 9.53 Å². The summed E-state index contributed by atoms with van der Waals surface area (Å²) in [5.74, 6) is 2.09. The molecule has 0 bridgehead atoms. The first-order valence-corrected chi connectivity index (χ1v) is 15.2. The Bertz CT molecular complexity index is 1370. The minimum Gasteiger partial charge on any atom is -0.458 e. The molecule has 0 spiro atoms. The molecular formula is C29H36ClN7O2S. The summed E-state index contributed by atoms with van der Waals surface area (Å²) in [6, 6.07) is 16.1. The van der Waals surface area contributed by atoms with Gasteiger partial charge in [-0.05, 0) is 60.8 Å². The van der Waals surface area contributed by atoms with Crippen molar-refractivity contribution in [2.24, 2.45) is 0 Å². The van der Waals surface area contributed by atoms with Gasteiger partial charge in [-0.1, -0.05) is 73.5 Å². The van der Waals surface area contributed by atoms with Crippen molar-refractivity contribution in [1.82, 2.24) is 35.1 Å². The van der Waals surface area contributed by atoms with Crippen molar-refractivity contribution >= 4 is 29.3 Å². The van der Waals surface area contributed by atoms with Crippen molar-refractivity contribution in [2.75, 3.05) is 26.1 Å². The van der Waals surface area contributed by atoms with Gasteiger partial charge in [-0.3, -0.25) is 9.69 Å². The van der Waals surface area contributed by atoms with Gasteiger partial charge in [-0.15, -0.1) is 10.2 Å². The minimum absolute atomic E-state index is 0.0799. The zero-order valence-electron chi connectivity index (χ0n) is 23.4. The number of tetrazole rings is 1. The SMILES string of the molecule is CCCCc1nc(Cl)c(COC(=O)[C@@H](CCSC)N(C)C)n1Cc1ccc(-c2ccccc2-c2nn[nH]n2)cc1. The Kier molecular flexibility index (Phi) is 10.7. The molecule has 2 heterocycles. The van der Waals surface area contributed by atoms with E-state index in [1.165, 1.54) is 0 Å². The molecule has 0 amide bonds. The molecule has 0 fully saturated rings. The smallest absolute Gasteiger partial charge is 0.323 e. The van der Waals surface area contributed by atoms with Gasteiger partial charge < -0.3 is 9.30 Å². The number of aryl methyl sites for hydroxylation is 1. The van der Waals surface area contributed by atoms with E-state index in [9.17, 15) is 4.79 Å². The van der Waals surface area contributed by atoms with E-state index in [2.05, 4.69) is 61.4 Å². The molecule has 0 aliphatic carbocycles. The van der Waals surface area contributed by atoms with Crippen LogP contribution in [0.1, 0.15) is 43.3 Å². The van der Waals surface area contributed by atoms with Crippen molar-refractivity contribution in [3.63, 3.8) is 0 Å². The molecule has 1 atom stereocenters. The molecule has 0 saturated heterocycles. The van der Waals surface area contributed by atoms with Gasteiger partial charge >= 0.3 is 5.97 Å². The normalized spacial score (nSPS) is 12.2. The van der Waals surface area contributed by atoms with E-state index in [1.807, 2.05) is 49.5 Å². The first-order valence-electron chi connectivity index (χ1n) is 13.4. The number of esters is 1. The fraction of sp³-hybridized carbons (Fsp3) is 0.414. The number of carbonyl (C=O) groups excluding carboxylic acids is 1. The summed E-state index contributed by atoms with van der Waals surface area (Å²) in [5.41, 5.74) is 4.79. The van der Waals surface area contributed by atoms with Crippen LogP contribution in [0.25, 0.3) is 22.5 Å². The van der Waals surface area contributed by atoms with E-state index in [0.717, 1.165) is 65.2 Å². The monoisotopic (exact) mass is 581 g/mol. The molecule has 4 aromatic rings. The van der Waals surface area contributed by atoms with Crippen molar-refractivity contribution in [3.8, 4) is 22.5 Å².